The second-order valence-electron chi connectivity index (χ2n) is 4.44. The van der Waals surface area contributed by atoms with Crippen LogP contribution in [0.25, 0.3) is 0 Å². The normalized spacial score (nSPS) is 13.5. The highest BCUT2D eigenvalue weighted by atomic mass is 16.1. The van der Waals surface area contributed by atoms with Crippen LogP contribution in [0.15, 0.2) is 30.9 Å². The minimum Gasteiger partial charge on any atom is -0.294 e. The van der Waals surface area contributed by atoms with Crippen LogP contribution in [-0.4, -0.2) is 5.78 Å². The molecule has 0 amide bonds. The smallest absolute Gasteiger partial charge is 0.162 e. The molecule has 1 nitrogen and oxygen atoms in total. The average Bonchev–Trinajstić information content (AvgIpc) is 2.76. The number of unbranched alkanes of at least 4 members (excludes halogenated alkanes) is 1. The highest BCUT2D eigenvalue weighted by Gasteiger charge is 2.13. The van der Waals surface area contributed by atoms with Crippen molar-refractivity contribution in [2.75, 3.05) is 0 Å². The van der Waals surface area contributed by atoms with Crippen molar-refractivity contribution >= 4 is 5.78 Å². The first kappa shape index (κ1) is 11.1. The van der Waals surface area contributed by atoms with Crippen molar-refractivity contribution in [2.24, 2.45) is 0 Å². The van der Waals surface area contributed by atoms with Crippen molar-refractivity contribution in [3.8, 4) is 0 Å². The number of carbonyl (C=O) groups excluding carboxylic acids is 1. The van der Waals surface area contributed by atoms with Gasteiger partial charge in [0, 0.05) is 12.0 Å². The average molecular weight is 214 g/mol. The minimum atomic E-state index is 0.275. The molecule has 1 aromatic rings. The topological polar surface area (TPSA) is 17.1 Å². The van der Waals surface area contributed by atoms with Crippen LogP contribution in [0.1, 0.15) is 47.2 Å². The molecule has 1 aliphatic rings. The SMILES string of the molecule is C=CCCCC(=O)c1ccc2c(c1)CCC2. The third-order valence-electron chi connectivity index (χ3n) is 3.23. The van der Waals surface area contributed by atoms with Crippen molar-refractivity contribution in [3.05, 3.63) is 47.5 Å². The highest BCUT2D eigenvalue weighted by Crippen LogP contribution is 2.23. The molecule has 16 heavy (non-hydrogen) atoms. The summed E-state index contributed by atoms with van der Waals surface area (Å²) in [5.74, 6) is 0.275. The van der Waals surface area contributed by atoms with Gasteiger partial charge < -0.3 is 0 Å². The van der Waals surface area contributed by atoms with Gasteiger partial charge in [-0.15, -0.1) is 6.58 Å². The van der Waals surface area contributed by atoms with Gasteiger partial charge in [-0.05, 0) is 49.3 Å². The first-order valence-corrected chi connectivity index (χ1v) is 6.07. The Bertz CT molecular complexity index is 404. The van der Waals surface area contributed by atoms with E-state index in [9.17, 15) is 4.79 Å². The van der Waals surface area contributed by atoms with Crippen LogP contribution >= 0.6 is 0 Å². The Morgan fingerprint density at radius 1 is 1.31 bits per heavy atom. The van der Waals surface area contributed by atoms with Gasteiger partial charge in [0.25, 0.3) is 0 Å². The number of carbonyl (C=O) groups is 1. The summed E-state index contributed by atoms with van der Waals surface area (Å²) in [6.45, 7) is 3.67. The first-order chi connectivity index (χ1) is 7.81. The summed E-state index contributed by atoms with van der Waals surface area (Å²) >= 11 is 0. The van der Waals surface area contributed by atoms with Crippen LogP contribution in [0.3, 0.4) is 0 Å². The molecular weight excluding hydrogens is 196 g/mol. The van der Waals surface area contributed by atoms with Crippen LogP contribution in [-0.2, 0) is 12.8 Å². The van der Waals surface area contributed by atoms with Gasteiger partial charge in [-0.25, -0.2) is 0 Å². The number of Topliss-reactive ketones (excluding diaryl/α,β-unsaturated/α-hetero) is 1. The molecule has 1 aromatic carbocycles. The Kier molecular flexibility index (Phi) is 3.55. The fourth-order valence-corrected chi connectivity index (χ4v) is 2.30. The van der Waals surface area contributed by atoms with Crippen LogP contribution in [0.4, 0.5) is 0 Å². The van der Waals surface area contributed by atoms with Crippen molar-refractivity contribution in [1.29, 1.82) is 0 Å². The van der Waals surface area contributed by atoms with Crippen LogP contribution < -0.4 is 0 Å². The van der Waals surface area contributed by atoms with E-state index in [0.29, 0.717) is 6.42 Å². The molecular formula is C15H18O. The van der Waals surface area contributed by atoms with Gasteiger partial charge in [0.05, 0.1) is 0 Å². The van der Waals surface area contributed by atoms with Gasteiger partial charge >= 0.3 is 0 Å². The Labute approximate surface area is 97.2 Å². The third kappa shape index (κ3) is 2.41. The largest absolute Gasteiger partial charge is 0.294 e. The molecule has 0 bridgehead atoms. The molecule has 2 rings (SSSR count). The zero-order valence-corrected chi connectivity index (χ0v) is 9.67. The van der Waals surface area contributed by atoms with Crippen LogP contribution in [0.2, 0.25) is 0 Å². The fourth-order valence-electron chi connectivity index (χ4n) is 2.30. The van der Waals surface area contributed by atoms with E-state index in [4.69, 9.17) is 0 Å². The molecule has 1 aliphatic carbocycles. The maximum absolute atomic E-state index is 11.9. The summed E-state index contributed by atoms with van der Waals surface area (Å²) in [6, 6.07) is 6.21. The van der Waals surface area contributed by atoms with Crippen LogP contribution in [0, 0.1) is 0 Å². The van der Waals surface area contributed by atoms with Gasteiger partial charge in [0.15, 0.2) is 5.78 Å². The van der Waals surface area contributed by atoms with Gasteiger partial charge in [-0.3, -0.25) is 4.79 Å². The Hall–Kier alpha value is -1.37. The lowest BCUT2D eigenvalue weighted by Gasteiger charge is -2.03. The Morgan fingerprint density at radius 3 is 2.94 bits per heavy atom. The van der Waals surface area contributed by atoms with Gasteiger partial charge in [0.2, 0.25) is 0 Å². The summed E-state index contributed by atoms with van der Waals surface area (Å²) in [5, 5.41) is 0. The molecule has 0 N–H and O–H groups in total. The zero-order valence-electron chi connectivity index (χ0n) is 9.67. The van der Waals surface area contributed by atoms with E-state index in [0.717, 1.165) is 24.8 Å². The number of rotatable bonds is 5. The van der Waals surface area contributed by atoms with Gasteiger partial charge in [-0.2, -0.15) is 0 Å². The molecule has 0 aliphatic heterocycles. The molecule has 0 spiro atoms. The van der Waals surface area contributed by atoms with E-state index in [2.05, 4.69) is 18.7 Å². The van der Waals surface area contributed by atoms with Gasteiger partial charge in [-0.1, -0.05) is 18.2 Å². The second-order valence-corrected chi connectivity index (χ2v) is 4.44. The Morgan fingerprint density at radius 2 is 2.12 bits per heavy atom. The highest BCUT2D eigenvalue weighted by molar-refractivity contribution is 5.96. The minimum absolute atomic E-state index is 0.275. The molecule has 0 radical (unpaired) electrons. The standard InChI is InChI=1S/C15H18O/c1-2-3-4-8-15(16)14-10-9-12-6-5-7-13(12)11-14/h2,9-11H,1,3-8H2. The maximum Gasteiger partial charge on any atom is 0.162 e. The number of ketones is 1. The van der Waals surface area contributed by atoms with Crippen molar-refractivity contribution in [3.63, 3.8) is 0 Å². The maximum atomic E-state index is 11.9. The Balaban J connectivity index is 2.03. The van der Waals surface area contributed by atoms with Crippen molar-refractivity contribution in [1.82, 2.24) is 0 Å². The van der Waals surface area contributed by atoms with E-state index in [1.807, 2.05) is 12.1 Å². The molecule has 0 saturated carbocycles. The molecule has 0 unspecified atom stereocenters. The lowest BCUT2D eigenvalue weighted by atomic mass is 10.0. The van der Waals surface area contributed by atoms with E-state index in [-0.39, 0.29) is 5.78 Å². The lowest BCUT2D eigenvalue weighted by molar-refractivity contribution is 0.0980. The number of benzene rings is 1. The molecule has 0 heterocycles. The quantitative estimate of drug-likeness (QED) is 0.415. The predicted molar refractivity (Wildman–Crippen MR) is 66.8 cm³/mol. The second kappa shape index (κ2) is 5.11. The van der Waals surface area contributed by atoms with Crippen molar-refractivity contribution in [2.45, 2.75) is 38.5 Å². The monoisotopic (exact) mass is 214 g/mol. The summed E-state index contributed by atoms with van der Waals surface area (Å²) < 4.78 is 0. The van der Waals surface area contributed by atoms with E-state index >= 15 is 0 Å². The number of aryl methyl sites for hydroxylation is 2. The van der Waals surface area contributed by atoms with E-state index < -0.39 is 0 Å². The number of allylic oxidation sites excluding steroid dienone is 1. The summed E-state index contributed by atoms with van der Waals surface area (Å²) in [6.07, 6.45) is 7.92. The molecule has 0 fully saturated rings. The lowest BCUT2D eigenvalue weighted by Crippen LogP contribution is -1.99. The van der Waals surface area contributed by atoms with E-state index in [1.165, 1.54) is 24.0 Å². The molecule has 1 heteroatoms. The third-order valence-corrected chi connectivity index (χ3v) is 3.23. The summed E-state index contributed by atoms with van der Waals surface area (Å²) in [5.41, 5.74) is 3.71. The molecule has 84 valence electrons. The number of fused-ring (bicyclic) bond motifs is 1. The number of hydrogen-bond donors (Lipinski definition) is 0. The van der Waals surface area contributed by atoms with E-state index in [1.54, 1.807) is 0 Å². The predicted octanol–water partition coefficient (Wildman–Crippen LogP) is 3.71. The molecule has 0 aromatic heterocycles. The van der Waals surface area contributed by atoms with Crippen LogP contribution in [0.5, 0.6) is 0 Å². The summed E-state index contributed by atoms with van der Waals surface area (Å²) in [7, 11) is 0. The van der Waals surface area contributed by atoms with Crippen molar-refractivity contribution < 1.29 is 4.79 Å². The molecule has 0 atom stereocenters. The number of hydrogen-bond acceptors (Lipinski definition) is 1. The van der Waals surface area contributed by atoms with Gasteiger partial charge in [0.1, 0.15) is 0 Å². The zero-order chi connectivity index (χ0) is 11.4. The fraction of sp³-hybridized carbons (Fsp3) is 0.400. The summed E-state index contributed by atoms with van der Waals surface area (Å²) in [4.78, 5) is 11.9. The first-order valence-electron chi connectivity index (χ1n) is 6.07. The molecule has 0 saturated heterocycles.